The SMILES string of the molecule is CCOC(C)(C)CCCC(C)CCCc1ccccc1C(C)C. The van der Waals surface area contributed by atoms with E-state index in [-0.39, 0.29) is 5.60 Å². The fourth-order valence-corrected chi connectivity index (χ4v) is 3.45. The smallest absolute Gasteiger partial charge is 0.0626 e. The highest BCUT2D eigenvalue weighted by molar-refractivity contribution is 5.29. The fourth-order valence-electron chi connectivity index (χ4n) is 3.45. The molecule has 1 aromatic rings. The molecule has 0 amide bonds. The molecule has 0 fully saturated rings. The topological polar surface area (TPSA) is 9.23 Å². The minimum atomic E-state index is 0.0463. The maximum absolute atomic E-state index is 5.79. The van der Waals surface area contributed by atoms with E-state index in [0.29, 0.717) is 5.92 Å². The molecule has 0 bridgehead atoms. The van der Waals surface area contributed by atoms with Gasteiger partial charge in [0.25, 0.3) is 0 Å². The molecule has 0 aliphatic carbocycles. The normalized spacial score (nSPS) is 13.5. The van der Waals surface area contributed by atoms with Gasteiger partial charge >= 0.3 is 0 Å². The van der Waals surface area contributed by atoms with Crippen molar-refractivity contribution >= 4 is 0 Å². The zero-order valence-corrected chi connectivity index (χ0v) is 16.3. The predicted octanol–water partition coefficient (Wildman–Crippen LogP) is 6.75. The molecule has 1 atom stereocenters. The number of hydrogen-bond acceptors (Lipinski definition) is 1. The Morgan fingerprint density at radius 2 is 1.65 bits per heavy atom. The van der Waals surface area contributed by atoms with Gasteiger partial charge < -0.3 is 4.74 Å². The molecule has 0 N–H and O–H groups in total. The average molecular weight is 319 g/mol. The van der Waals surface area contributed by atoms with Gasteiger partial charge in [0.05, 0.1) is 5.60 Å². The summed E-state index contributed by atoms with van der Waals surface area (Å²) in [5.41, 5.74) is 3.12. The van der Waals surface area contributed by atoms with E-state index in [1.54, 1.807) is 5.56 Å². The summed E-state index contributed by atoms with van der Waals surface area (Å²) < 4.78 is 5.79. The third-order valence-corrected chi connectivity index (χ3v) is 4.83. The Morgan fingerprint density at radius 1 is 1.00 bits per heavy atom. The Labute approximate surface area is 144 Å². The number of aryl methyl sites for hydroxylation is 1. The van der Waals surface area contributed by atoms with E-state index in [1.165, 1.54) is 44.1 Å². The van der Waals surface area contributed by atoms with Crippen molar-refractivity contribution in [3.8, 4) is 0 Å². The zero-order valence-electron chi connectivity index (χ0n) is 16.3. The summed E-state index contributed by atoms with van der Waals surface area (Å²) in [6.07, 6.45) is 7.63. The summed E-state index contributed by atoms with van der Waals surface area (Å²) in [6.45, 7) is 14.3. The summed E-state index contributed by atoms with van der Waals surface area (Å²) in [5, 5.41) is 0. The van der Waals surface area contributed by atoms with Crippen LogP contribution >= 0.6 is 0 Å². The Balaban J connectivity index is 2.28. The van der Waals surface area contributed by atoms with Crippen molar-refractivity contribution in [1.82, 2.24) is 0 Å². The minimum absolute atomic E-state index is 0.0463. The molecular formula is C22H38O. The van der Waals surface area contributed by atoms with E-state index >= 15 is 0 Å². The largest absolute Gasteiger partial charge is 0.376 e. The Hall–Kier alpha value is -0.820. The molecule has 1 nitrogen and oxygen atoms in total. The highest BCUT2D eigenvalue weighted by Crippen LogP contribution is 2.24. The lowest BCUT2D eigenvalue weighted by atomic mass is 9.90. The lowest BCUT2D eigenvalue weighted by Gasteiger charge is -2.25. The van der Waals surface area contributed by atoms with Crippen LogP contribution in [0, 0.1) is 5.92 Å². The van der Waals surface area contributed by atoms with Crippen molar-refractivity contribution in [2.45, 2.75) is 91.6 Å². The van der Waals surface area contributed by atoms with Crippen LogP contribution in [0.5, 0.6) is 0 Å². The van der Waals surface area contributed by atoms with E-state index < -0.39 is 0 Å². The van der Waals surface area contributed by atoms with Gasteiger partial charge in [-0.25, -0.2) is 0 Å². The average Bonchev–Trinajstić information content (AvgIpc) is 2.47. The van der Waals surface area contributed by atoms with Crippen molar-refractivity contribution in [3.05, 3.63) is 35.4 Å². The molecule has 0 spiro atoms. The Kier molecular flexibility index (Phi) is 8.91. The second kappa shape index (κ2) is 10.1. The zero-order chi connectivity index (χ0) is 17.3. The number of hydrogen-bond donors (Lipinski definition) is 0. The summed E-state index contributed by atoms with van der Waals surface area (Å²) in [5.74, 6) is 1.45. The van der Waals surface area contributed by atoms with Gasteiger partial charge in [-0.3, -0.25) is 0 Å². The van der Waals surface area contributed by atoms with Crippen molar-refractivity contribution in [2.24, 2.45) is 5.92 Å². The van der Waals surface area contributed by atoms with Crippen LogP contribution in [0.2, 0.25) is 0 Å². The van der Waals surface area contributed by atoms with Crippen LogP contribution in [0.3, 0.4) is 0 Å². The van der Waals surface area contributed by atoms with Crippen molar-refractivity contribution < 1.29 is 4.74 Å². The van der Waals surface area contributed by atoms with Crippen LogP contribution in [0.4, 0.5) is 0 Å². The highest BCUT2D eigenvalue weighted by Gasteiger charge is 2.17. The van der Waals surface area contributed by atoms with E-state index in [9.17, 15) is 0 Å². The van der Waals surface area contributed by atoms with Crippen LogP contribution < -0.4 is 0 Å². The molecular weight excluding hydrogens is 280 g/mol. The van der Waals surface area contributed by atoms with Gasteiger partial charge in [0.2, 0.25) is 0 Å². The fraction of sp³-hybridized carbons (Fsp3) is 0.727. The first-order chi connectivity index (χ1) is 10.9. The van der Waals surface area contributed by atoms with Gasteiger partial charge in [-0.05, 0) is 63.0 Å². The summed E-state index contributed by atoms with van der Waals surface area (Å²) in [7, 11) is 0. The van der Waals surface area contributed by atoms with Crippen molar-refractivity contribution in [1.29, 1.82) is 0 Å². The molecule has 1 heteroatoms. The number of benzene rings is 1. The molecule has 0 aliphatic heterocycles. The molecule has 0 saturated heterocycles. The van der Waals surface area contributed by atoms with Crippen LogP contribution in [-0.2, 0) is 11.2 Å². The molecule has 1 unspecified atom stereocenters. The maximum atomic E-state index is 5.79. The molecule has 0 aromatic heterocycles. The second-order valence-corrected chi connectivity index (χ2v) is 7.94. The summed E-state index contributed by atoms with van der Waals surface area (Å²) in [6, 6.07) is 8.95. The first-order valence-electron chi connectivity index (χ1n) is 9.57. The summed E-state index contributed by atoms with van der Waals surface area (Å²) in [4.78, 5) is 0. The van der Waals surface area contributed by atoms with E-state index in [2.05, 4.69) is 65.8 Å². The third-order valence-electron chi connectivity index (χ3n) is 4.83. The number of ether oxygens (including phenoxy) is 1. The van der Waals surface area contributed by atoms with Crippen LogP contribution in [0.1, 0.15) is 90.7 Å². The molecule has 23 heavy (non-hydrogen) atoms. The van der Waals surface area contributed by atoms with Gasteiger partial charge in [0.1, 0.15) is 0 Å². The monoisotopic (exact) mass is 318 g/mol. The van der Waals surface area contributed by atoms with Crippen LogP contribution in [0.25, 0.3) is 0 Å². The van der Waals surface area contributed by atoms with E-state index in [1.807, 2.05) is 0 Å². The van der Waals surface area contributed by atoms with Crippen LogP contribution in [0.15, 0.2) is 24.3 Å². The van der Waals surface area contributed by atoms with Crippen LogP contribution in [-0.4, -0.2) is 12.2 Å². The lowest BCUT2D eigenvalue weighted by molar-refractivity contribution is -0.0183. The van der Waals surface area contributed by atoms with E-state index in [4.69, 9.17) is 4.74 Å². The molecule has 0 aliphatic rings. The van der Waals surface area contributed by atoms with Gasteiger partial charge in [-0.15, -0.1) is 0 Å². The molecule has 0 saturated carbocycles. The van der Waals surface area contributed by atoms with E-state index in [0.717, 1.165) is 12.5 Å². The van der Waals surface area contributed by atoms with Gasteiger partial charge in [-0.2, -0.15) is 0 Å². The molecule has 1 rings (SSSR count). The highest BCUT2D eigenvalue weighted by atomic mass is 16.5. The minimum Gasteiger partial charge on any atom is -0.376 e. The molecule has 132 valence electrons. The molecule has 0 heterocycles. The second-order valence-electron chi connectivity index (χ2n) is 7.94. The Morgan fingerprint density at radius 3 is 2.30 bits per heavy atom. The predicted molar refractivity (Wildman–Crippen MR) is 102 cm³/mol. The molecule has 1 aromatic carbocycles. The maximum Gasteiger partial charge on any atom is 0.0626 e. The van der Waals surface area contributed by atoms with Gasteiger partial charge in [-0.1, -0.05) is 64.3 Å². The van der Waals surface area contributed by atoms with Crippen molar-refractivity contribution in [3.63, 3.8) is 0 Å². The van der Waals surface area contributed by atoms with Gasteiger partial charge in [0.15, 0.2) is 0 Å². The quantitative estimate of drug-likeness (QED) is 0.438. The first kappa shape index (κ1) is 20.2. The first-order valence-corrected chi connectivity index (χ1v) is 9.57. The third kappa shape index (κ3) is 8.01. The van der Waals surface area contributed by atoms with Gasteiger partial charge in [0, 0.05) is 6.61 Å². The standard InChI is InChI=1S/C22H38O/c1-7-23-22(5,6)17-11-13-19(4)12-10-15-20-14-8-9-16-21(20)18(2)3/h8-9,14,16,18-19H,7,10-13,15,17H2,1-6H3. The number of rotatable bonds is 11. The summed E-state index contributed by atoms with van der Waals surface area (Å²) >= 11 is 0. The lowest BCUT2D eigenvalue weighted by Crippen LogP contribution is -2.24. The molecule has 0 radical (unpaired) electrons. The van der Waals surface area contributed by atoms with Crippen molar-refractivity contribution in [2.75, 3.05) is 6.61 Å². The Bertz CT molecular complexity index is 433.